The summed E-state index contributed by atoms with van der Waals surface area (Å²) >= 11 is 0. The maximum atomic E-state index is 13.9. The van der Waals surface area contributed by atoms with Crippen molar-refractivity contribution in [2.45, 2.75) is 19.3 Å². The highest BCUT2D eigenvalue weighted by Crippen LogP contribution is 2.36. The van der Waals surface area contributed by atoms with Crippen LogP contribution in [0.25, 0.3) is 0 Å². The minimum atomic E-state index is -1.05. The lowest BCUT2D eigenvalue weighted by atomic mass is 10.1. The molecule has 1 N–H and O–H groups in total. The Balaban J connectivity index is 1.65. The maximum Gasteiger partial charge on any atom is 0.164 e. The van der Waals surface area contributed by atoms with Gasteiger partial charge >= 0.3 is 0 Å². The molecule has 1 aromatic rings. The van der Waals surface area contributed by atoms with Crippen molar-refractivity contribution in [3.05, 3.63) is 58.8 Å². The molecule has 26 heavy (non-hydrogen) atoms. The van der Waals surface area contributed by atoms with Gasteiger partial charge in [0.25, 0.3) is 0 Å². The van der Waals surface area contributed by atoms with Gasteiger partial charge in [0, 0.05) is 55.4 Å². The SMILES string of the molecule is O=C1CCNC2=C1CN(c1cc(F)c(F)cc1OC1=CCCC(F)=C1)C2. The largest absolute Gasteiger partial charge is 0.455 e. The number of anilines is 1. The highest BCUT2D eigenvalue weighted by atomic mass is 19.2. The fraction of sp³-hybridized carbons (Fsp3) is 0.316. The number of Topliss-reactive ketones (excluding diaryl/α,β-unsaturated/α-hetero) is 1. The summed E-state index contributed by atoms with van der Waals surface area (Å²) in [6, 6.07) is 2.01. The molecule has 2 aliphatic heterocycles. The van der Waals surface area contributed by atoms with Crippen molar-refractivity contribution in [2.75, 3.05) is 24.5 Å². The number of nitrogens with zero attached hydrogens (tertiary/aromatic N) is 1. The van der Waals surface area contributed by atoms with Crippen molar-refractivity contribution in [1.29, 1.82) is 0 Å². The van der Waals surface area contributed by atoms with Crippen LogP contribution < -0.4 is 15.0 Å². The minimum absolute atomic E-state index is 0.0614. The van der Waals surface area contributed by atoms with Crippen LogP contribution in [0.5, 0.6) is 5.75 Å². The first-order chi connectivity index (χ1) is 12.5. The van der Waals surface area contributed by atoms with Crippen LogP contribution in [0.3, 0.4) is 0 Å². The second-order valence-corrected chi connectivity index (χ2v) is 6.49. The molecule has 0 bridgehead atoms. The van der Waals surface area contributed by atoms with Crippen LogP contribution in [-0.2, 0) is 4.79 Å². The predicted octanol–water partition coefficient (Wildman–Crippen LogP) is 3.51. The van der Waals surface area contributed by atoms with E-state index in [1.54, 1.807) is 11.0 Å². The zero-order valence-corrected chi connectivity index (χ0v) is 13.9. The number of ether oxygens (including phenoxy) is 1. The Morgan fingerprint density at radius 1 is 1.08 bits per heavy atom. The maximum absolute atomic E-state index is 13.9. The van der Waals surface area contributed by atoms with E-state index in [1.807, 2.05) is 0 Å². The molecule has 0 amide bonds. The Morgan fingerprint density at radius 3 is 2.65 bits per heavy atom. The third-order valence-corrected chi connectivity index (χ3v) is 4.69. The van der Waals surface area contributed by atoms with Crippen LogP contribution in [0.15, 0.2) is 47.1 Å². The summed E-state index contributed by atoms with van der Waals surface area (Å²) in [6.07, 6.45) is 4.15. The number of carbonyl (C=O) groups excluding carboxylic acids is 1. The Kier molecular flexibility index (Phi) is 4.22. The van der Waals surface area contributed by atoms with Crippen LogP contribution >= 0.6 is 0 Å². The first-order valence-corrected chi connectivity index (χ1v) is 8.48. The highest BCUT2D eigenvalue weighted by molar-refractivity contribution is 5.99. The molecule has 3 aliphatic rings. The lowest BCUT2D eigenvalue weighted by Gasteiger charge is -2.23. The zero-order chi connectivity index (χ0) is 18.3. The van der Waals surface area contributed by atoms with Gasteiger partial charge in [0.05, 0.1) is 12.2 Å². The second kappa shape index (κ2) is 6.55. The molecule has 0 saturated carbocycles. The Morgan fingerprint density at radius 2 is 1.88 bits per heavy atom. The average Bonchev–Trinajstić information content (AvgIpc) is 3.03. The number of ketones is 1. The van der Waals surface area contributed by atoms with E-state index in [2.05, 4.69) is 5.32 Å². The van der Waals surface area contributed by atoms with Crippen molar-refractivity contribution >= 4 is 11.5 Å². The number of rotatable bonds is 3. The predicted molar refractivity (Wildman–Crippen MR) is 90.4 cm³/mol. The van der Waals surface area contributed by atoms with Gasteiger partial charge in [0.2, 0.25) is 0 Å². The van der Waals surface area contributed by atoms with Crippen molar-refractivity contribution < 1.29 is 22.7 Å². The monoisotopic (exact) mass is 362 g/mol. The van der Waals surface area contributed by atoms with E-state index in [-0.39, 0.29) is 23.1 Å². The lowest BCUT2D eigenvalue weighted by molar-refractivity contribution is -0.115. The Hall–Kier alpha value is -2.70. The molecule has 0 spiro atoms. The molecule has 4 rings (SSSR count). The standard InChI is InChI=1S/C19H17F3N2O2/c20-11-2-1-3-12(6-11)26-19-8-15(22)14(21)7-17(19)24-9-13-16(10-24)23-5-4-18(13)25/h3,6-8,23H,1-2,4-5,9-10H2. The van der Waals surface area contributed by atoms with Crippen LogP contribution in [0.1, 0.15) is 19.3 Å². The molecule has 136 valence electrons. The van der Waals surface area contributed by atoms with E-state index in [0.29, 0.717) is 50.2 Å². The molecular weight excluding hydrogens is 345 g/mol. The summed E-state index contributed by atoms with van der Waals surface area (Å²) in [5, 5.41) is 3.18. The van der Waals surface area contributed by atoms with E-state index in [1.165, 1.54) is 6.08 Å². The van der Waals surface area contributed by atoms with Crippen LogP contribution in [0, 0.1) is 11.6 Å². The van der Waals surface area contributed by atoms with Gasteiger partial charge < -0.3 is 15.0 Å². The van der Waals surface area contributed by atoms with Crippen molar-refractivity contribution in [1.82, 2.24) is 5.32 Å². The number of benzene rings is 1. The third-order valence-electron chi connectivity index (χ3n) is 4.69. The first kappa shape index (κ1) is 16.8. The summed E-state index contributed by atoms with van der Waals surface area (Å²) in [4.78, 5) is 13.8. The van der Waals surface area contributed by atoms with Gasteiger partial charge in [0.1, 0.15) is 11.6 Å². The zero-order valence-electron chi connectivity index (χ0n) is 13.9. The number of carbonyl (C=O) groups is 1. The summed E-state index contributed by atoms with van der Waals surface area (Å²) < 4.78 is 46.8. The molecule has 0 fully saturated rings. The Labute approximate surface area is 148 Å². The van der Waals surface area contributed by atoms with E-state index >= 15 is 0 Å². The minimum Gasteiger partial charge on any atom is -0.455 e. The van der Waals surface area contributed by atoms with E-state index < -0.39 is 11.6 Å². The number of halogens is 3. The van der Waals surface area contributed by atoms with Gasteiger partial charge in [-0.25, -0.2) is 13.2 Å². The normalized spacial score (nSPS) is 19.8. The molecule has 1 aliphatic carbocycles. The summed E-state index contributed by atoms with van der Waals surface area (Å²) in [6.45, 7) is 1.25. The van der Waals surface area contributed by atoms with Crippen molar-refractivity contribution in [3.8, 4) is 5.75 Å². The fourth-order valence-corrected chi connectivity index (χ4v) is 3.38. The molecule has 0 unspecified atom stereocenters. The molecule has 7 heteroatoms. The number of nitrogens with one attached hydrogen (secondary N) is 1. The molecule has 0 aromatic heterocycles. The van der Waals surface area contributed by atoms with Crippen LogP contribution in [-0.4, -0.2) is 25.4 Å². The van der Waals surface area contributed by atoms with Crippen molar-refractivity contribution in [2.24, 2.45) is 0 Å². The molecule has 2 heterocycles. The van der Waals surface area contributed by atoms with Crippen LogP contribution in [0.4, 0.5) is 18.9 Å². The molecule has 4 nitrogen and oxygen atoms in total. The average molecular weight is 362 g/mol. The van der Waals surface area contributed by atoms with Crippen molar-refractivity contribution in [3.63, 3.8) is 0 Å². The molecule has 1 aromatic carbocycles. The van der Waals surface area contributed by atoms with Gasteiger partial charge in [-0.05, 0) is 12.5 Å². The highest BCUT2D eigenvalue weighted by Gasteiger charge is 2.31. The number of hydrogen-bond acceptors (Lipinski definition) is 4. The van der Waals surface area contributed by atoms with Gasteiger partial charge in [0.15, 0.2) is 23.2 Å². The van der Waals surface area contributed by atoms with Gasteiger partial charge in [-0.3, -0.25) is 4.79 Å². The summed E-state index contributed by atoms with van der Waals surface area (Å²) in [5.41, 5.74) is 1.79. The smallest absolute Gasteiger partial charge is 0.164 e. The van der Waals surface area contributed by atoms with E-state index in [4.69, 9.17) is 4.74 Å². The second-order valence-electron chi connectivity index (χ2n) is 6.49. The number of hydrogen-bond donors (Lipinski definition) is 1. The summed E-state index contributed by atoms with van der Waals surface area (Å²) in [5.74, 6) is -1.96. The lowest BCUT2D eigenvalue weighted by Crippen LogP contribution is -2.27. The molecule has 0 saturated heterocycles. The van der Waals surface area contributed by atoms with Crippen LogP contribution in [0.2, 0.25) is 0 Å². The molecule has 0 radical (unpaired) electrons. The number of allylic oxidation sites excluding steroid dienone is 3. The van der Waals surface area contributed by atoms with Gasteiger partial charge in [-0.1, -0.05) is 0 Å². The quantitative estimate of drug-likeness (QED) is 0.894. The van der Waals surface area contributed by atoms with E-state index in [0.717, 1.165) is 17.8 Å². The first-order valence-electron chi connectivity index (χ1n) is 8.48. The van der Waals surface area contributed by atoms with Gasteiger partial charge in [-0.2, -0.15) is 0 Å². The Bertz CT molecular complexity index is 874. The molecule has 0 atom stereocenters. The third kappa shape index (κ3) is 3.09. The topological polar surface area (TPSA) is 41.6 Å². The molecular formula is C19H17F3N2O2. The summed E-state index contributed by atoms with van der Waals surface area (Å²) in [7, 11) is 0. The van der Waals surface area contributed by atoms with E-state index in [9.17, 15) is 18.0 Å². The van der Waals surface area contributed by atoms with Gasteiger partial charge in [-0.15, -0.1) is 0 Å². The fourth-order valence-electron chi connectivity index (χ4n) is 3.38.